The van der Waals surface area contributed by atoms with Gasteiger partial charge < -0.3 is 9.42 Å². The smallest absolute Gasteiger partial charge is 0.317 e. The van der Waals surface area contributed by atoms with Crippen molar-refractivity contribution in [1.82, 2.24) is 0 Å². The van der Waals surface area contributed by atoms with E-state index in [9.17, 15) is 4.57 Å². The van der Waals surface area contributed by atoms with E-state index in [1.807, 2.05) is 30.3 Å². The van der Waals surface area contributed by atoms with E-state index in [4.69, 9.17) is 9.42 Å². The Hall–Kier alpha value is -0.630. The molecule has 0 saturated carbocycles. The highest BCUT2D eigenvalue weighted by Crippen LogP contribution is 2.27. The predicted molar refractivity (Wildman–Crippen MR) is 67.7 cm³/mol. The Bertz CT molecular complexity index is 286. The highest BCUT2D eigenvalue weighted by Gasteiger charge is 2.06. The van der Waals surface area contributed by atoms with E-state index in [1.165, 1.54) is 12.8 Å². The van der Waals surface area contributed by atoms with E-state index in [1.54, 1.807) is 6.92 Å². The zero-order chi connectivity index (χ0) is 12.4. The van der Waals surface area contributed by atoms with Gasteiger partial charge in [0.05, 0.1) is 6.10 Å². The molecule has 0 aliphatic rings. The summed E-state index contributed by atoms with van der Waals surface area (Å²) in [6, 6.07) is 9.33. The Balaban J connectivity index is 0.000000487. The first kappa shape index (κ1) is 15.4. The summed E-state index contributed by atoms with van der Waals surface area (Å²) in [5.74, 6) is 0. The van der Waals surface area contributed by atoms with E-state index in [2.05, 4.69) is 13.8 Å². The second kappa shape index (κ2) is 9.59. The fourth-order valence-corrected chi connectivity index (χ4v) is 1.38. The Labute approximate surface area is 98.4 Å². The highest BCUT2D eigenvalue weighted by molar-refractivity contribution is 7.32. The number of benzene rings is 1. The van der Waals surface area contributed by atoms with E-state index in [0.717, 1.165) is 5.56 Å². The van der Waals surface area contributed by atoms with Crippen LogP contribution in [-0.2, 0) is 9.09 Å². The number of hydrogen-bond acceptors (Lipinski definition) is 2. The molecule has 2 atom stereocenters. The molecule has 0 aromatic heterocycles. The van der Waals surface area contributed by atoms with Crippen molar-refractivity contribution >= 4 is 8.25 Å². The molecule has 0 saturated heterocycles. The zero-order valence-corrected chi connectivity index (χ0v) is 11.1. The maximum Gasteiger partial charge on any atom is 0.317 e. The van der Waals surface area contributed by atoms with Crippen LogP contribution in [0.3, 0.4) is 0 Å². The normalized spacial score (nSPS) is 13.5. The second-order valence-corrected chi connectivity index (χ2v) is 4.20. The van der Waals surface area contributed by atoms with Crippen molar-refractivity contribution in [2.75, 3.05) is 0 Å². The molecule has 0 radical (unpaired) electrons. The van der Waals surface area contributed by atoms with Crippen LogP contribution in [0.25, 0.3) is 0 Å². The van der Waals surface area contributed by atoms with Crippen LogP contribution in [0.2, 0.25) is 0 Å². The Morgan fingerprint density at radius 1 is 1.25 bits per heavy atom. The van der Waals surface area contributed by atoms with Gasteiger partial charge in [-0.25, -0.2) is 0 Å². The molecule has 0 bridgehead atoms. The average molecular weight is 244 g/mol. The van der Waals surface area contributed by atoms with Crippen molar-refractivity contribution in [3.05, 3.63) is 35.9 Å². The lowest BCUT2D eigenvalue weighted by Crippen LogP contribution is -1.92. The van der Waals surface area contributed by atoms with Crippen molar-refractivity contribution in [1.29, 1.82) is 0 Å². The monoisotopic (exact) mass is 244 g/mol. The van der Waals surface area contributed by atoms with Crippen LogP contribution in [-0.4, -0.2) is 4.89 Å². The summed E-state index contributed by atoms with van der Waals surface area (Å²) in [5, 5.41) is 0. The molecular formula is C12H21O3P. The molecule has 0 fully saturated rings. The van der Waals surface area contributed by atoms with E-state index in [0.29, 0.717) is 0 Å². The topological polar surface area (TPSA) is 46.5 Å². The quantitative estimate of drug-likeness (QED) is 0.815. The molecule has 92 valence electrons. The molecule has 1 rings (SSSR count). The molecule has 0 heterocycles. The fourth-order valence-electron chi connectivity index (χ4n) is 0.943. The molecule has 0 aliphatic carbocycles. The molecule has 16 heavy (non-hydrogen) atoms. The van der Waals surface area contributed by atoms with Crippen LogP contribution < -0.4 is 0 Å². The number of rotatable bonds is 4. The predicted octanol–water partition coefficient (Wildman–Crippen LogP) is 3.95. The van der Waals surface area contributed by atoms with Crippen molar-refractivity contribution in [2.45, 2.75) is 39.7 Å². The third-order valence-electron chi connectivity index (χ3n) is 2.05. The van der Waals surface area contributed by atoms with Crippen LogP contribution in [0.15, 0.2) is 30.3 Å². The minimum Gasteiger partial charge on any atom is -0.326 e. The largest absolute Gasteiger partial charge is 0.326 e. The highest BCUT2D eigenvalue weighted by atomic mass is 31.1. The lowest BCUT2D eigenvalue weighted by molar-refractivity contribution is 0.209. The van der Waals surface area contributed by atoms with Gasteiger partial charge in [-0.15, -0.1) is 0 Å². The maximum atomic E-state index is 10.3. The Kier molecular flexibility index (Phi) is 9.21. The standard InChI is InChI=1S/C8H11O3P.C4H10/c1-7(11-12(9)10)8-5-3-2-4-6-8;1-3-4-2/h2-7,12H,1H3,(H,9,10);3-4H2,1-2H3. The third-order valence-corrected chi connectivity index (χ3v) is 2.60. The molecule has 0 amide bonds. The van der Waals surface area contributed by atoms with E-state index in [-0.39, 0.29) is 6.10 Å². The van der Waals surface area contributed by atoms with Crippen molar-refractivity contribution in [3.63, 3.8) is 0 Å². The van der Waals surface area contributed by atoms with Gasteiger partial charge in [0.1, 0.15) is 0 Å². The molecule has 0 spiro atoms. The summed E-state index contributed by atoms with van der Waals surface area (Å²) in [6.45, 7) is 6.11. The Morgan fingerprint density at radius 3 is 2.12 bits per heavy atom. The van der Waals surface area contributed by atoms with Gasteiger partial charge in [-0.05, 0) is 12.5 Å². The minimum atomic E-state index is -2.83. The first-order valence-corrected chi connectivity index (χ1v) is 6.82. The van der Waals surface area contributed by atoms with Crippen molar-refractivity contribution in [2.24, 2.45) is 0 Å². The van der Waals surface area contributed by atoms with Gasteiger partial charge in [0.25, 0.3) is 0 Å². The van der Waals surface area contributed by atoms with Crippen LogP contribution >= 0.6 is 8.25 Å². The summed E-state index contributed by atoms with van der Waals surface area (Å²) in [7, 11) is -2.83. The van der Waals surface area contributed by atoms with Crippen LogP contribution in [0.1, 0.15) is 45.3 Å². The lowest BCUT2D eigenvalue weighted by atomic mass is 10.1. The maximum absolute atomic E-state index is 10.3. The van der Waals surface area contributed by atoms with Gasteiger partial charge in [-0.3, -0.25) is 4.57 Å². The number of hydrogen-bond donors (Lipinski definition) is 1. The second-order valence-electron chi connectivity index (χ2n) is 3.44. The first-order valence-electron chi connectivity index (χ1n) is 5.56. The zero-order valence-electron chi connectivity index (χ0n) is 10.1. The summed E-state index contributed by atoms with van der Waals surface area (Å²) in [4.78, 5) is 8.51. The van der Waals surface area contributed by atoms with Gasteiger partial charge in [0.2, 0.25) is 0 Å². The first-order chi connectivity index (χ1) is 7.61. The molecule has 0 aliphatic heterocycles. The fraction of sp³-hybridized carbons (Fsp3) is 0.500. The van der Waals surface area contributed by atoms with Crippen LogP contribution in [0.5, 0.6) is 0 Å². The van der Waals surface area contributed by atoms with Crippen LogP contribution in [0, 0.1) is 0 Å². The third kappa shape index (κ3) is 7.63. The summed E-state index contributed by atoms with van der Waals surface area (Å²) < 4.78 is 15.1. The van der Waals surface area contributed by atoms with Gasteiger partial charge in [0.15, 0.2) is 0 Å². The summed E-state index contributed by atoms with van der Waals surface area (Å²) in [5.41, 5.74) is 0.907. The lowest BCUT2D eigenvalue weighted by Gasteiger charge is -2.09. The average Bonchev–Trinajstić information content (AvgIpc) is 2.30. The van der Waals surface area contributed by atoms with Gasteiger partial charge in [-0.1, -0.05) is 57.0 Å². The summed E-state index contributed by atoms with van der Waals surface area (Å²) in [6.07, 6.45) is 2.32. The molecular weight excluding hydrogens is 223 g/mol. The van der Waals surface area contributed by atoms with Gasteiger partial charge >= 0.3 is 8.25 Å². The Morgan fingerprint density at radius 2 is 1.75 bits per heavy atom. The molecule has 4 heteroatoms. The molecule has 1 aromatic carbocycles. The minimum absolute atomic E-state index is 0.317. The van der Waals surface area contributed by atoms with E-state index < -0.39 is 8.25 Å². The van der Waals surface area contributed by atoms with Crippen LogP contribution in [0.4, 0.5) is 0 Å². The summed E-state index contributed by atoms with van der Waals surface area (Å²) >= 11 is 0. The van der Waals surface area contributed by atoms with Gasteiger partial charge in [0, 0.05) is 0 Å². The van der Waals surface area contributed by atoms with Crippen molar-refractivity contribution in [3.8, 4) is 0 Å². The molecule has 2 unspecified atom stereocenters. The van der Waals surface area contributed by atoms with Crippen molar-refractivity contribution < 1.29 is 14.0 Å². The van der Waals surface area contributed by atoms with E-state index >= 15 is 0 Å². The number of unbranched alkanes of at least 4 members (excludes halogenated alkanes) is 1. The molecule has 1 N–H and O–H groups in total. The molecule has 3 nitrogen and oxygen atoms in total. The van der Waals surface area contributed by atoms with Gasteiger partial charge in [-0.2, -0.15) is 0 Å². The molecule has 1 aromatic rings. The SMILES string of the molecule is CC(O[PH](=O)O)c1ccccc1.CCCC.